The van der Waals surface area contributed by atoms with Crippen LogP contribution in [0.3, 0.4) is 0 Å². The van der Waals surface area contributed by atoms with E-state index in [1.54, 1.807) is 4.68 Å². The summed E-state index contributed by atoms with van der Waals surface area (Å²) in [6.07, 6.45) is 4.06. The van der Waals surface area contributed by atoms with Crippen LogP contribution in [0.15, 0.2) is 11.3 Å². The van der Waals surface area contributed by atoms with Crippen molar-refractivity contribution in [1.29, 1.82) is 0 Å². The first-order valence-electron chi connectivity index (χ1n) is 7.74. The molecule has 8 heteroatoms. The molecule has 0 saturated carbocycles. The molecule has 1 aliphatic heterocycles. The van der Waals surface area contributed by atoms with Gasteiger partial charge in [-0.05, 0) is 25.7 Å². The van der Waals surface area contributed by atoms with Gasteiger partial charge in [-0.1, -0.05) is 0 Å². The Morgan fingerprint density at radius 1 is 1.59 bits per heavy atom. The summed E-state index contributed by atoms with van der Waals surface area (Å²) in [5.41, 5.74) is 5.32. The number of nitrogens with zero attached hydrogens (tertiary/aromatic N) is 5. The van der Waals surface area contributed by atoms with Crippen LogP contribution in [0, 0.1) is 5.92 Å². The highest BCUT2D eigenvalue weighted by molar-refractivity contribution is 5.80. The number of aliphatic imine (C=N–C) groups is 1. The van der Waals surface area contributed by atoms with Crippen LogP contribution in [-0.2, 0) is 18.4 Å². The highest BCUT2D eigenvalue weighted by Gasteiger charge is 2.23. The highest BCUT2D eigenvalue weighted by Crippen LogP contribution is 2.19. The predicted octanol–water partition coefficient (Wildman–Crippen LogP) is -0.132. The number of primary amides is 1. The fourth-order valence-electron chi connectivity index (χ4n) is 2.74. The van der Waals surface area contributed by atoms with Crippen molar-refractivity contribution in [3.8, 4) is 0 Å². The number of aryl methyl sites for hydroxylation is 1. The monoisotopic (exact) mass is 307 g/mol. The molecule has 1 aromatic rings. The maximum atomic E-state index is 11.1. The molecule has 0 radical (unpaired) electrons. The maximum absolute atomic E-state index is 11.1. The third-order valence-electron chi connectivity index (χ3n) is 3.82. The normalized spacial score (nSPS) is 19.3. The fourth-order valence-corrected chi connectivity index (χ4v) is 2.74. The van der Waals surface area contributed by atoms with Crippen molar-refractivity contribution in [1.82, 2.24) is 25.0 Å². The Hall–Kier alpha value is -2.12. The second-order valence-corrected chi connectivity index (χ2v) is 5.59. The quantitative estimate of drug-likeness (QED) is 0.583. The van der Waals surface area contributed by atoms with Gasteiger partial charge in [-0.15, -0.1) is 0 Å². The maximum Gasteiger partial charge on any atom is 0.217 e. The highest BCUT2D eigenvalue weighted by atomic mass is 16.1. The van der Waals surface area contributed by atoms with Crippen molar-refractivity contribution >= 4 is 11.9 Å². The number of piperidine rings is 1. The number of aromatic nitrogens is 3. The molecule has 1 fully saturated rings. The average Bonchev–Trinajstić information content (AvgIpc) is 2.88. The van der Waals surface area contributed by atoms with E-state index in [2.05, 4.69) is 25.3 Å². The molecule has 122 valence electrons. The predicted molar refractivity (Wildman–Crippen MR) is 83.9 cm³/mol. The first-order valence-corrected chi connectivity index (χ1v) is 7.74. The lowest BCUT2D eigenvalue weighted by Gasteiger charge is -2.34. The molecule has 0 spiro atoms. The van der Waals surface area contributed by atoms with Crippen LogP contribution in [0.1, 0.15) is 32.0 Å². The van der Waals surface area contributed by atoms with E-state index in [-0.39, 0.29) is 5.91 Å². The Morgan fingerprint density at radius 2 is 2.41 bits per heavy atom. The number of guanidine groups is 1. The van der Waals surface area contributed by atoms with Gasteiger partial charge in [-0.2, -0.15) is 5.10 Å². The minimum absolute atomic E-state index is 0.229. The van der Waals surface area contributed by atoms with E-state index >= 15 is 0 Å². The van der Waals surface area contributed by atoms with Crippen molar-refractivity contribution in [3.05, 3.63) is 12.2 Å². The molecular weight excluding hydrogens is 282 g/mol. The zero-order chi connectivity index (χ0) is 15.9. The van der Waals surface area contributed by atoms with E-state index in [0.29, 0.717) is 18.9 Å². The Morgan fingerprint density at radius 3 is 3.05 bits per heavy atom. The van der Waals surface area contributed by atoms with E-state index < -0.39 is 0 Å². The van der Waals surface area contributed by atoms with E-state index in [9.17, 15) is 4.79 Å². The smallest absolute Gasteiger partial charge is 0.217 e. The molecule has 2 heterocycles. The average molecular weight is 307 g/mol. The number of amides is 1. The van der Waals surface area contributed by atoms with Crippen LogP contribution in [0.4, 0.5) is 0 Å². The minimum Gasteiger partial charge on any atom is -0.370 e. The van der Waals surface area contributed by atoms with Gasteiger partial charge in [0.2, 0.25) is 5.91 Å². The second kappa shape index (κ2) is 7.77. The van der Waals surface area contributed by atoms with Crippen LogP contribution in [0.25, 0.3) is 0 Å². The summed E-state index contributed by atoms with van der Waals surface area (Å²) < 4.78 is 1.72. The van der Waals surface area contributed by atoms with Gasteiger partial charge in [0, 0.05) is 33.1 Å². The molecule has 2 rings (SSSR count). The SMILES string of the molecule is CCNC(=NCc1ncnn1C)N1CCCC(CC(N)=O)C1. The lowest BCUT2D eigenvalue weighted by atomic mass is 9.95. The lowest BCUT2D eigenvalue weighted by molar-refractivity contribution is -0.119. The summed E-state index contributed by atoms with van der Waals surface area (Å²) in [6, 6.07) is 0. The molecule has 0 aliphatic carbocycles. The summed E-state index contributed by atoms with van der Waals surface area (Å²) in [4.78, 5) is 22.2. The number of nitrogens with two attached hydrogens (primary N) is 1. The van der Waals surface area contributed by atoms with Crippen LogP contribution in [-0.4, -0.2) is 51.2 Å². The van der Waals surface area contributed by atoms with Gasteiger partial charge in [0.1, 0.15) is 18.7 Å². The van der Waals surface area contributed by atoms with Crippen molar-refractivity contribution in [2.75, 3.05) is 19.6 Å². The van der Waals surface area contributed by atoms with Crippen molar-refractivity contribution < 1.29 is 4.79 Å². The number of nitrogens with one attached hydrogen (secondary N) is 1. The summed E-state index contributed by atoms with van der Waals surface area (Å²) in [7, 11) is 1.86. The Bertz CT molecular complexity index is 525. The van der Waals surface area contributed by atoms with Crippen LogP contribution in [0.5, 0.6) is 0 Å². The Labute approximate surface area is 130 Å². The molecule has 1 amide bonds. The molecule has 1 aromatic heterocycles. The van der Waals surface area contributed by atoms with Gasteiger partial charge in [0.05, 0.1) is 0 Å². The molecule has 1 atom stereocenters. The molecular formula is C14H25N7O. The van der Waals surface area contributed by atoms with E-state index in [0.717, 1.165) is 44.3 Å². The second-order valence-electron chi connectivity index (χ2n) is 5.59. The number of carbonyl (C=O) groups excluding carboxylic acids is 1. The largest absolute Gasteiger partial charge is 0.370 e. The third kappa shape index (κ3) is 4.44. The number of rotatable bonds is 5. The molecule has 1 aliphatic rings. The first-order chi connectivity index (χ1) is 10.6. The summed E-state index contributed by atoms with van der Waals surface area (Å²) in [5.74, 6) is 1.76. The molecule has 0 bridgehead atoms. The summed E-state index contributed by atoms with van der Waals surface area (Å²) in [6.45, 7) is 5.08. The molecule has 0 aromatic carbocycles. The van der Waals surface area contributed by atoms with Crippen molar-refractivity contribution in [3.63, 3.8) is 0 Å². The van der Waals surface area contributed by atoms with Crippen LogP contribution >= 0.6 is 0 Å². The van der Waals surface area contributed by atoms with Gasteiger partial charge in [0.15, 0.2) is 5.96 Å². The van der Waals surface area contributed by atoms with E-state index in [1.807, 2.05) is 14.0 Å². The molecule has 8 nitrogen and oxygen atoms in total. The topological polar surface area (TPSA) is 101 Å². The zero-order valence-electron chi connectivity index (χ0n) is 13.3. The van der Waals surface area contributed by atoms with Crippen molar-refractivity contribution in [2.45, 2.75) is 32.7 Å². The van der Waals surface area contributed by atoms with Gasteiger partial charge < -0.3 is 16.0 Å². The molecule has 22 heavy (non-hydrogen) atoms. The first kappa shape index (κ1) is 16.3. The molecule has 3 N–H and O–H groups in total. The number of hydrogen-bond acceptors (Lipinski definition) is 4. The fraction of sp³-hybridized carbons (Fsp3) is 0.714. The van der Waals surface area contributed by atoms with Crippen LogP contribution in [0.2, 0.25) is 0 Å². The van der Waals surface area contributed by atoms with Gasteiger partial charge >= 0.3 is 0 Å². The molecule has 1 unspecified atom stereocenters. The number of hydrogen-bond donors (Lipinski definition) is 2. The number of carbonyl (C=O) groups is 1. The van der Waals surface area contributed by atoms with Crippen molar-refractivity contribution in [2.24, 2.45) is 23.7 Å². The third-order valence-corrected chi connectivity index (χ3v) is 3.82. The number of likely N-dealkylation sites (tertiary alicyclic amines) is 1. The minimum atomic E-state index is -0.229. The molecule has 1 saturated heterocycles. The summed E-state index contributed by atoms with van der Waals surface area (Å²) >= 11 is 0. The van der Waals surface area contributed by atoms with Gasteiger partial charge in [-0.25, -0.2) is 9.98 Å². The van der Waals surface area contributed by atoms with E-state index in [4.69, 9.17) is 5.73 Å². The zero-order valence-corrected chi connectivity index (χ0v) is 13.3. The van der Waals surface area contributed by atoms with Gasteiger partial charge in [0.25, 0.3) is 0 Å². The standard InChI is InChI=1S/C14H25N7O/c1-3-16-14(17-8-13-18-10-19-20(13)2)21-6-4-5-11(9-21)7-12(15)22/h10-11H,3-9H2,1-2H3,(H2,15,22)(H,16,17). The lowest BCUT2D eigenvalue weighted by Crippen LogP contribution is -2.47. The Balaban J connectivity index is 2.03. The summed E-state index contributed by atoms with van der Waals surface area (Å²) in [5, 5.41) is 7.36. The van der Waals surface area contributed by atoms with E-state index in [1.165, 1.54) is 6.33 Å². The Kier molecular flexibility index (Phi) is 5.74. The van der Waals surface area contributed by atoms with Crippen LogP contribution < -0.4 is 11.1 Å². The van der Waals surface area contributed by atoms with Gasteiger partial charge in [-0.3, -0.25) is 9.48 Å².